The molecule has 1 heterocycles. The molecule has 6 heteroatoms. The summed E-state index contributed by atoms with van der Waals surface area (Å²) in [6.07, 6.45) is 5.42. The van der Waals surface area contributed by atoms with Gasteiger partial charge in [0.15, 0.2) is 0 Å². The van der Waals surface area contributed by atoms with E-state index in [2.05, 4.69) is 10.6 Å². The molecule has 110 valence electrons. The minimum absolute atomic E-state index is 0. The Morgan fingerprint density at radius 1 is 1.05 bits per heavy atom. The molecule has 0 radical (unpaired) electrons. The molecule has 1 aliphatic carbocycles. The molecule has 19 heavy (non-hydrogen) atoms. The van der Waals surface area contributed by atoms with Crippen molar-refractivity contribution in [1.29, 1.82) is 0 Å². The summed E-state index contributed by atoms with van der Waals surface area (Å²) in [5.41, 5.74) is 5.30. The Labute approximate surface area is 120 Å². The summed E-state index contributed by atoms with van der Waals surface area (Å²) in [6, 6.07) is 0.232. The fourth-order valence-corrected chi connectivity index (χ4v) is 2.92. The third kappa shape index (κ3) is 4.66. The van der Waals surface area contributed by atoms with Crippen molar-refractivity contribution in [3.05, 3.63) is 0 Å². The van der Waals surface area contributed by atoms with Crippen LogP contribution in [0.5, 0.6) is 0 Å². The summed E-state index contributed by atoms with van der Waals surface area (Å²) in [4.78, 5) is 23.1. The Kier molecular flexibility index (Phi) is 6.58. The number of nitrogens with two attached hydrogens (primary N) is 1. The van der Waals surface area contributed by atoms with Crippen LogP contribution >= 0.6 is 12.4 Å². The van der Waals surface area contributed by atoms with E-state index in [0.29, 0.717) is 0 Å². The molecule has 2 amide bonds. The highest BCUT2D eigenvalue weighted by atomic mass is 35.5. The van der Waals surface area contributed by atoms with Crippen molar-refractivity contribution in [2.24, 2.45) is 17.6 Å². The molecule has 0 unspecified atom stereocenters. The Hall–Kier alpha value is -0.810. The average Bonchev–Trinajstić information content (AvgIpc) is 2.40. The molecule has 1 aliphatic heterocycles. The van der Waals surface area contributed by atoms with E-state index < -0.39 is 0 Å². The van der Waals surface area contributed by atoms with Gasteiger partial charge in [-0.05, 0) is 45.1 Å². The Balaban J connectivity index is 0.00000180. The van der Waals surface area contributed by atoms with Crippen molar-refractivity contribution in [3.8, 4) is 0 Å². The molecular formula is C13H24ClN3O2. The second-order valence-electron chi connectivity index (χ2n) is 5.50. The molecule has 0 aromatic rings. The van der Waals surface area contributed by atoms with Gasteiger partial charge in [-0.2, -0.15) is 0 Å². The van der Waals surface area contributed by atoms with E-state index in [1.165, 1.54) is 0 Å². The number of piperidine rings is 1. The van der Waals surface area contributed by atoms with Crippen molar-refractivity contribution in [3.63, 3.8) is 0 Å². The Morgan fingerprint density at radius 3 is 2.26 bits per heavy atom. The molecule has 2 aliphatic rings. The Bertz CT molecular complexity index is 311. The van der Waals surface area contributed by atoms with Gasteiger partial charge in [0, 0.05) is 18.5 Å². The van der Waals surface area contributed by atoms with Crippen LogP contribution in [0.1, 0.15) is 38.5 Å². The predicted octanol–water partition coefficient (Wildman–Crippen LogP) is 0.568. The molecule has 2 fully saturated rings. The van der Waals surface area contributed by atoms with Gasteiger partial charge >= 0.3 is 0 Å². The molecule has 0 aromatic heterocycles. The molecule has 4 N–H and O–H groups in total. The van der Waals surface area contributed by atoms with Gasteiger partial charge in [-0.1, -0.05) is 0 Å². The largest absolute Gasteiger partial charge is 0.369 e. The van der Waals surface area contributed by atoms with Crippen LogP contribution in [0.15, 0.2) is 0 Å². The molecule has 5 nitrogen and oxygen atoms in total. The lowest BCUT2D eigenvalue weighted by Crippen LogP contribution is -2.46. The molecule has 0 aromatic carbocycles. The second kappa shape index (κ2) is 7.70. The lowest BCUT2D eigenvalue weighted by Gasteiger charge is -2.30. The molecule has 0 spiro atoms. The number of hydrogen-bond acceptors (Lipinski definition) is 3. The number of primary amides is 1. The minimum atomic E-state index is -0.198. The minimum Gasteiger partial charge on any atom is -0.369 e. The number of carbonyl (C=O) groups excluding carboxylic acids is 2. The van der Waals surface area contributed by atoms with E-state index in [1.807, 2.05) is 0 Å². The van der Waals surface area contributed by atoms with Gasteiger partial charge in [0.05, 0.1) is 5.92 Å². The first-order valence-electron chi connectivity index (χ1n) is 6.97. The van der Waals surface area contributed by atoms with Crippen molar-refractivity contribution in [1.82, 2.24) is 10.6 Å². The molecular weight excluding hydrogens is 266 g/mol. The van der Waals surface area contributed by atoms with E-state index in [0.717, 1.165) is 51.6 Å². The van der Waals surface area contributed by atoms with Crippen LogP contribution in [0.2, 0.25) is 0 Å². The summed E-state index contributed by atoms with van der Waals surface area (Å²) in [7, 11) is 0. The predicted molar refractivity (Wildman–Crippen MR) is 75.9 cm³/mol. The highest BCUT2D eigenvalue weighted by Gasteiger charge is 2.28. The van der Waals surface area contributed by atoms with E-state index in [-0.39, 0.29) is 42.1 Å². The molecule has 0 bridgehead atoms. The van der Waals surface area contributed by atoms with Crippen LogP contribution < -0.4 is 16.4 Å². The quantitative estimate of drug-likeness (QED) is 0.710. The Morgan fingerprint density at radius 2 is 1.74 bits per heavy atom. The van der Waals surface area contributed by atoms with Crippen molar-refractivity contribution >= 4 is 24.2 Å². The normalized spacial score (nSPS) is 31.1. The number of amides is 2. The number of rotatable bonds is 3. The van der Waals surface area contributed by atoms with Crippen molar-refractivity contribution in [2.75, 3.05) is 13.1 Å². The van der Waals surface area contributed by atoms with Crippen LogP contribution in [-0.4, -0.2) is 30.9 Å². The number of nitrogens with one attached hydrogen (secondary N) is 2. The van der Waals surface area contributed by atoms with Crippen LogP contribution in [0.3, 0.4) is 0 Å². The van der Waals surface area contributed by atoms with Gasteiger partial charge in [0.2, 0.25) is 11.8 Å². The lowest BCUT2D eigenvalue weighted by atomic mass is 9.85. The van der Waals surface area contributed by atoms with Gasteiger partial charge in [0.1, 0.15) is 0 Å². The van der Waals surface area contributed by atoms with Gasteiger partial charge < -0.3 is 16.4 Å². The maximum Gasteiger partial charge on any atom is 0.224 e. The standard InChI is InChI=1S/C13H23N3O2.ClH/c14-12(17)9-3-5-11(6-4-9)16-13(18)10-2-1-7-15-8-10;/h9-11,15H,1-8H2,(H2,14,17)(H,16,18);1H/t9?,10-,11?;/m1./s1. The average molecular weight is 290 g/mol. The maximum atomic E-state index is 12.0. The fraction of sp³-hybridized carbons (Fsp3) is 0.846. The van der Waals surface area contributed by atoms with Crippen LogP contribution in [0.4, 0.5) is 0 Å². The molecule has 2 rings (SSSR count). The van der Waals surface area contributed by atoms with Gasteiger partial charge in [0.25, 0.3) is 0 Å². The SMILES string of the molecule is Cl.NC(=O)C1CCC(NC(=O)[C@@H]2CCCNC2)CC1. The highest BCUT2D eigenvalue weighted by molar-refractivity contribution is 5.85. The number of carbonyl (C=O) groups is 2. The van der Waals surface area contributed by atoms with Crippen LogP contribution in [0, 0.1) is 11.8 Å². The first-order chi connectivity index (χ1) is 8.66. The third-order valence-electron chi connectivity index (χ3n) is 4.14. The van der Waals surface area contributed by atoms with E-state index in [9.17, 15) is 9.59 Å². The van der Waals surface area contributed by atoms with Crippen molar-refractivity contribution in [2.45, 2.75) is 44.6 Å². The molecule has 1 saturated heterocycles. The third-order valence-corrected chi connectivity index (χ3v) is 4.14. The fourth-order valence-electron chi connectivity index (χ4n) is 2.92. The first-order valence-corrected chi connectivity index (χ1v) is 6.97. The first kappa shape index (κ1) is 16.2. The molecule has 1 atom stereocenters. The monoisotopic (exact) mass is 289 g/mol. The summed E-state index contributed by atoms with van der Waals surface area (Å²) in [5.74, 6) is 0.100. The van der Waals surface area contributed by atoms with Gasteiger partial charge in [-0.25, -0.2) is 0 Å². The van der Waals surface area contributed by atoms with E-state index in [4.69, 9.17) is 5.73 Å². The summed E-state index contributed by atoms with van der Waals surface area (Å²) in [6.45, 7) is 1.82. The zero-order chi connectivity index (χ0) is 13.0. The molecule has 1 saturated carbocycles. The highest BCUT2D eigenvalue weighted by Crippen LogP contribution is 2.24. The smallest absolute Gasteiger partial charge is 0.224 e. The van der Waals surface area contributed by atoms with E-state index >= 15 is 0 Å². The van der Waals surface area contributed by atoms with Gasteiger partial charge in [-0.15, -0.1) is 12.4 Å². The van der Waals surface area contributed by atoms with Crippen molar-refractivity contribution < 1.29 is 9.59 Å². The zero-order valence-corrected chi connectivity index (χ0v) is 12.0. The van der Waals surface area contributed by atoms with Gasteiger partial charge in [-0.3, -0.25) is 9.59 Å². The topological polar surface area (TPSA) is 84.2 Å². The lowest BCUT2D eigenvalue weighted by molar-refractivity contribution is -0.126. The number of hydrogen-bond donors (Lipinski definition) is 3. The summed E-state index contributed by atoms with van der Waals surface area (Å²) in [5, 5.41) is 6.37. The van der Waals surface area contributed by atoms with Crippen LogP contribution in [-0.2, 0) is 9.59 Å². The van der Waals surface area contributed by atoms with E-state index in [1.54, 1.807) is 0 Å². The maximum absolute atomic E-state index is 12.0. The summed E-state index contributed by atoms with van der Waals surface area (Å²) >= 11 is 0. The summed E-state index contributed by atoms with van der Waals surface area (Å²) < 4.78 is 0. The zero-order valence-electron chi connectivity index (χ0n) is 11.2. The number of halogens is 1. The second-order valence-corrected chi connectivity index (χ2v) is 5.50. The van der Waals surface area contributed by atoms with Crippen LogP contribution in [0.25, 0.3) is 0 Å².